The first-order valence-corrected chi connectivity index (χ1v) is 3.67. The number of nitrogens with two attached hydrogens (primary N) is 1. The van der Waals surface area contributed by atoms with E-state index in [0.29, 0.717) is 6.61 Å². The molecule has 1 amide bonds. The third-order valence-corrected chi connectivity index (χ3v) is 1.90. The average molecular weight is 159 g/mol. The molecular formula is C7H13NO3. The van der Waals surface area contributed by atoms with E-state index in [4.69, 9.17) is 15.2 Å². The second kappa shape index (κ2) is 3.69. The van der Waals surface area contributed by atoms with E-state index in [9.17, 15) is 4.79 Å². The Morgan fingerprint density at radius 3 is 2.73 bits per heavy atom. The fourth-order valence-electron chi connectivity index (χ4n) is 1.14. The summed E-state index contributed by atoms with van der Waals surface area (Å²) in [4.78, 5) is 10.7. The molecule has 0 aromatic rings. The van der Waals surface area contributed by atoms with Crippen LogP contribution < -0.4 is 5.73 Å². The van der Waals surface area contributed by atoms with E-state index in [1.54, 1.807) is 7.11 Å². The Bertz CT molecular complexity index is 141. The van der Waals surface area contributed by atoms with Crippen LogP contribution in [-0.2, 0) is 14.3 Å². The minimum absolute atomic E-state index is 0.124. The van der Waals surface area contributed by atoms with Gasteiger partial charge in [-0.25, -0.2) is 0 Å². The molecule has 2 atom stereocenters. The fourth-order valence-corrected chi connectivity index (χ4v) is 1.14. The van der Waals surface area contributed by atoms with E-state index in [-0.39, 0.29) is 18.1 Å². The van der Waals surface area contributed by atoms with Crippen LogP contribution in [0.5, 0.6) is 0 Å². The van der Waals surface area contributed by atoms with Gasteiger partial charge in [-0.05, 0) is 12.8 Å². The Morgan fingerprint density at radius 2 is 2.36 bits per heavy atom. The second-order valence-corrected chi connectivity index (χ2v) is 2.68. The van der Waals surface area contributed by atoms with E-state index in [0.717, 1.165) is 12.8 Å². The Labute approximate surface area is 65.7 Å². The molecule has 0 unspecified atom stereocenters. The molecule has 1 aliphatic heterocycles. The van der Waals surface area contributed by atoms with Gasteiger partial charge in [0.25, 0.3) is 0 Å². The SMILES string of the molecule is CO[C@@H]1CC[C@H](C(N)=O)CO1. The molecule has 0 aromatic carbocycles. The zero-order valence-electron chi connectivity index (χ0n) is 6.58. The lowest BCUT2D eigenvalue weighted by molar-refractivity contribution is -0.165. The molecule has 4 nitrogen and oxygen atoms in total. The molecule has 0 bridgehead atoms. The van der Waals surface area contributed by atoms with Crippen molar-refractivity contribution in [1.29, 1.82) is 0 Å². The van der Waals surface area contributed by atoms with Gasteiger partial charge < -0.3 is 15.2 Å². The number of carbonyl (C=O) groups excluding carboxylic acids is 1. The van der Waals surface area contributed by atoms with Crippen molar-refractivity contribution in [2.75, 3.05) is 13.7 Å². The molecule has 2 N–H and O–H groups in total. The lowest BCUT2D eigenvalue weighted by Gasteiger charge is -2.25. The molecule has 1 saturated heterocycles. The van der Waals surface area contributed by atoms with Crippen molar-refractivity contribution in [3.63, 3.8) is 0 Å². The highest BCUT2D eigenvalue weighted by molar-refractivity contribution is 5.76. The summed E-state index contributed by atoms with van der Waals surface area (Å²) in [5.41, 5.74) is 5.09. The fraction of sp³-hybridized carbons (Fsp3) is 0.857. The lowest BCUT2D eigenvalue weighted by atomic mass is 10.0. The quantitative estimate of drug-likeness (QED) is 0.610. The van der Waals surface area contributed by atoms with Gasteiger partial charge in [0.15, 0.2) is 6.29 Å². The molecule has 0 radical (unpaired) electrons. The largest absolute Gasteiger partial charge is 0.369 e. The number of rotatable bonds is 2. The summed E-state index contributed by atoms with van der Waals surface area (Å²) in [6, 6.07) is 0. The molecule has 11 heavy (non-hydrogen) atoms. The number of hydrogen-bond acceptors (Lipinski definition) is 3. The van der Waals surface area contributed by atoms with Crippen LogP contribution in [0.3, 0.4) is 0 Å². The molecular weight excluding hydrogens is 146 g/mol. The van der Waals surface area contributed by atoms with Gasteiger partial charge in [0.1, 0.15) is 0 Å². The summed E-state index contributed by atoms with van der Waals surface area (Å²) in [5, 5.41) is 0. The van der Waals surface area contributed by atoms with Crippen LogP contribution in [0.15, 0.2) is 0 Å². The smallest absolute Gasteiger partial charge is 0.222 e. The van der Waals surface area contributed by atoms with Crippen LogP contribution in [-0.4, -0.2) is 25.9 Å². The number of primary amides is 1. The highest BCUT2D eigenvalue weighted by atomic mass is 16.7. The van der Waals surface area contributed by atoms with Crippen molar-refractivity contribution in [3.8, 4) is 0 Å². The molecule has 0 aliphatic carbocycles. The first kappa shape index (κ1) is 8.49. The van der Waals surface area contributed by atoms with Gasteiger partial charge in [0, 0.05) is 7.11 Å². The molecule has 0 spiro atoms. The first-order valence-electron chi connectivity index (χ1n) is 3.67. The normalized spacial score (nSPS) is 31.7. The number of methoxy groups -OCH3 is 1. The van der Waals surface area contributed by atoms with Crippen LogP contribution in [0, 0.1) is 5.92 Å². The molecule has 1 heterocycles. The maximum Gasteiger partial charge on any atom is 0.222 e. The van der Waals surface area contributed by atoms with E-state index >= 15 is 0 Å². The maximum atomic E-state index is 10.7. The van der Waals surface area contributed by atoms with E-state index in [1.807, 2.05) is 0 Å². The average Bonchev–Trinajstić information content (AvgIpc) is 2.05. The Morgan fingerprint density at radius 1 is 1.64 bits per heavy atom. The van der Waals surface area contributed by atoms with E-state index in [1.165, 1.54) is 0 Å². The van der Waals surface area contributed by atoms with Crippen LogP contribution >= 0.6 is 0 Å². The number of amides is 1. The number of hydrogen-bond donors (Lipinski definition) is 1. The maximum absolute atomic E-state index is 10.7. The molecule has 1 rings (SSSR count). The third-order valence-electron chi connectivity index (χ3n) is 1.90. The minimum atomic E-state index is -0.278. The first-order chi connectivity index (χ1) is 5.24. The molecule has 64 valence electrons. The topological polar surface area (TPSA) is 61.5 Å². The van der Waals surface area contributed by atoms with E-state index in [2.05, 4.69) is 0 Å². The zero-order chi connectivity index (χ0) is 8.27. The number of ether oxygens (including phenoxy) is 2. The molecule has 0 aromatic heterocycles. The van der Waals surface area contributed by atoms with Crippen molar-refractivity contribution in [1.82, 2.24) is 0 Å². The molecule has 1 fully saturated rings. The summed E-state index contributed by atoms with van der Waals surface area (Å²) in [6.07, 6.45) is 1.38. The Kier molecular flexibility index (Phi) is 2.84. The summed E-state index contributed by atoms with van der Waals surface area (Å²) in [5.74, 6) is -0.402. The predicted octanol–water partition coefficient (Wildman–Crippen LogP) is -0.129. The lowest BCUT2D eigenvalue weighted by Crippen LogP contribution is -2.35. The van der Waals surface area contributed by atoms with Gasteiger partial charge in [0.05, 0.1) is 12.5 Å². The van der Waals surface area contributed by atoms with Crippen LogP contribution in [0.4, 0.5) is 0 Å². The van der Waals surface area contributed by atoms with Crippen LogP contribution in [0.25, 0.3) is 0 Å². The molecule has 4 heteroatoms. The third kappa shape index (κ3) is 2.17. The Balaban J connectivity index is 2.30. The van der Waals surface area contributed by atoms with Crippen molar-refractivity contribution in [3.05, 3.63) is 0 Å². The van der Waals surface area contributed by atoms with Crippen LogP contribution in [0.2, 0.25) is 0 Å². The van der Waals surface area contributed by atoms with Crippen molar-refractivity contribution in [2.45, 2.75) is 19.1 Å². The predicted molar refractivity (Wildman–Crippen MR) is 38.7 cm³/mol. The van der Waals surface area contributed by atoms with Gasteiger partial charge in [-0.1, -0.05) is 0 Å². The highest BCUT2D eigenvalue weighted by Gasteiger charge is 2.24. The van der Waals surface area contributed by atoms with Crippen molar-refractivity contribution < 1.29 is 14.3 Å². The van der Waals surface area contributed by atoms with Gasteiger partial charge >= 0.3 is 0 Å². The van der Waals surface area contributed by atoms with E-state index < -0.39 is 0 Å². The zero-order valence-corrected chi connectivity index (χ0v) is 6.58. The molecule has 0 saturated carbocycles. The number of carbonyl (C=O) groups is 1. The van der Waals surface area contributed by atoms with Gasteiger partial charge in [-0.2, -0.15) is 0 Å². The standard InChI is InChI=1S/C7H13NO3/c1-10-6-3-2-5(4-11-6)7(8)9/h5-6H,2-4H2,1H3,(H2,8,9)/t5-,6-/m0/s1. The van der Waals surface area contributed by atoms with Crippen molar-refractivity contribution in [2.24, 2.45) is 11.7 Å². The minimum Gasteiger partial charge on any atom is -0.369 e. The molecule has 1 aliphatic rings. The monoisotopic (exact) mass is 159 g/mol. The summed E-state index contributed by atoms with van der Waals surface area (Å²) in [6.45, 7) is 0.397. The van der Waals surface area contributed by atoms with Gasteiger partial charge in [-0.15, -0.1) is 0 Å². The Hall–Kier alpha value is -0.610. The summed E-state index contributed by atoms with van der Waals surface area (Å²) >= 11 is 0. The van der Waals surface area contributed by atoms with Gasteiger partial charge in [-0.3, -0.25) is 4.79 Å². The van der Waals surface area contributed by atoms with Crippen LogP contribution in [0.1, 0.15) is 12.8 Å². The van der Waals surface area contributed by atoms with Gasteiger partial charge in [0.2, 0.25) is 5.91 Å². The highest BCUT2D eigenvalue weighted by Crippen LogP contribution is 2.18. The second-order valence-electron chi connectivity index (χ2n) is 2.68. The summed E-state index contributed by atoms with van der Waals surface area (Å²) < 4.78 is 10.1. The van der Waals surface area contributed by atoms with Crippen molar-refractivity contribution >= 4 is 5.91 Å². The summed E-state index contributed by atoms with van der Waals surface area (Å²) in [7, 11) is 1.59.